The molecule has 0 radical (unpaired) electrons. The van der Waals surface area contributed by atoms with Gasteiger partial charge in [0.1, 0.15) is 0 Å². The van der Waals surface area contributed by atoms with Crippen LogP contribution >= 0.6 is 12.4 Å². The van der Waals surface area contributed by atoms with Crippen molar-refractivity contribution >= 4 is 12.4 Å². The van der Waals surface area contributed by atoms with E-state index in [4.69, 9.17) is 3.32 Å². The van der Waals surface area contributed by atoms with E-state index in [9.17, 15) is 0 Å². The van der Waals surface area contributed by atoms with E-state index in [-0.39, 0.29) is 12.4 Å². The first-order chi connectivity index (χ1) is 42.7. The number of halogens is 1. The first-order valence-corrected chi connectivity index (χ1v) is 43.8. The molecule has 0 aliphatic rings. The van der Waals surface area contributed by atoms with Gasteiger partial charge in [-0.2, -0.15) is 0 Å². The quantitative estimate of drug-likeness (QED) is 0.0446. The molecule has 0 fully saturated rings. The Balaban J connectivity index is 0. The second-order valence-corrected chi connectivity index (χ2v) is 32.1. The summed E-state index contributed by atoms with van der Waals surface area (Å²) in [5, 5.41) is 0. The first-order valence-electron chi connectivity index (χ1n) is 41.7. The standard InChI is InChI=1S/2C36H74N.C10H21O.ClH.Ti/c2*1-3-5-7-9-11-13-15-17-19-21-23-25-27-29-31-33-35-37-36-34-32-30-28-26-24-22-20-18-16-14-12-10-8-6-4-2;1-2-3-4-5-6-7-8-9-10-11;;/h2*3-36H2,1-2H3;2-10H2,1H3;1H;/q3*-1;;+3. The van der Waals surface area contributed by atoms with E-state index in [1.165, 1.54) is 488 Å². The molecule has 0 aliphatic carbocycles. The maximum absolute atomic E-state index is 7.55. The molecule has 5 heteroatoms. The van der Waals surface area contributed by atoms with Crippen molar-refractivity contribution in [2.75, 3.05) is 32.8 Å². The molecule has 3 nitrogen and oxygen atoms in total. The van der Waals surface area contributed by atoms with Crippen LogP contribution in [0.1, 0.15) is 497 Å². The van der Waals surface area contributed by atoms with Crippen LogP contribution in [0.25, 0.3) is 0 Å². The summed E-state index contributed by atoms with van der Waals surface area (Å²) in [6.07, 6.45) is 104. The second-order valence-electron chi connectivity index (χ2n) is 28.8. The van der Waals surface area contributed by atoms with Crippen LogP contribution in [0.5, 0.6) is 0 Å². The Labute approximate surface area is 567 Å². The molecule has 0 N–H and O–H groups in total. The molecule has 0 unspecified atom stereocenters. The minimum absolute atomic E-state index is 0. The van der Waals surface area contributed by atoms with Crippen molar-refractivity contribution < 1.29 is 22.1 Å². The topological polar surface area (TPSA) is 15.7 Å². The third kappa shape index (κ3) is 74.2. The van der Waals surface area contributed by atoms with Gasteiger partial charge in [0, 0.05) is 0 Å². The van der Waals surface area contributed by atoms with Gasteiger partial charge in [0.05, 0.1) is 0 Å². The van der Waals surface area contributed by atoms with Crippen molar-refractivity contribution in [2.45, 2.75) is 497 Å². The van der Waals surface area contributed by atoms with E-state index in [2.05, 4.69) is 41.4 Å². The molecule has 525 valence electrons. The minimum Gasteiger partial charge on any atom is -0.147 e. The van der Waals surface area contributed by atoms with E-state index in [1.807, 2.05) is 0 Å². The third-order valence-electron chi connectivity index (χ3n) is 19.9. The van der Waals surface area contributed by atoms with E-state index in [1.54, 1.807) is 0 Å². The van der Waals surface area contributed by atoms with Gasteiger partial charge < -0.3 is 0 Å². The van der Waals surface area contributed by atoms with Crippen molar-refractivity contribution in [3.8, 4) is 0 Å². The van der Waals surface area contributed by atoms with Crippen LogP contribution in [0.3, 0.4) is 0 Å². The fourth-order valence-corrected chi connectivity index (χ4v) is 17.7. The van der Waals surface area contributed by atoms with Crippen LogP contribution in [0.2, 0.25) is 0 Å². The zero-order chi connectivity index (χ0) is 61.9. The van der Waals surface area contributed by atoms with Gasteiger partial charge in [-0.15, -0.1) is 12.4 Å². The van der Waals surface area contributed by atoms with Gasteiger partial charge >= 0.3 is 377 Å². The van der Waals surface area contributed by atoms with Crippen molar-refractivity contribution in [3.05, 3.63) is 0 Å². The summed E-state index contributed by atoms with van der Waals surface area (Å²) in [5.74, 6) is 0. The molecule has 0 saturated carbocycles. The number of unbranched alkanes of at least 4 members (excludes halogenated alkanes) is 67. The number of nitrogens with zero attached hydrogens (tertiary/aromatic N) is 2. The van der Waals surface area contributed by atoms with Gasteiger partial charge in [-0.05, 0) is 0 Å². The Morgan fingerprint density at radius 2 is 0.276 bits per heavy atom. The Hall–Kier alpha value is 0.884. The van der Waals surface area contributed by atoms with Crippen molar-refractivity contribution in [1.82, 2.24) is 6.76 Å². The SMILES string of the molecule is CCCCCCCCCCCCCCCCCC[N](CCCCCCCCCCCCCCCCCC)[Ti]([O]CCCCCCCCCC)[N](CCCCCCCCCCCCCCCCCC)CCCCCCCCCCCCCCCCCC.Cl. The zero-order valence-electron chi connectivity index (χ0n) is 61.7. The van der Waals surface area contributed by atoms with Gasteiger partial charge in [0.25, 0.3) is 0 Å². The molecule has 0 aliphatic heterocycles. The normalized spacial score (nSPS) is 11.8. The molecule has 87 heavy (non-hydrogen) atoms. The molecular formula is C82H170ClN2OTi. The van der Waals surface area contributed by atoms with E-state index >= 15 is 0 Å². The van der Waals surface area contributed by atoms with Crippen LogP contribution in [-0.2, 0) is 22.1 Å². The number of rotatable bonds is 80. The minimum atomic E-state index is -2.13. The summed E-state index contributed by atoms with van der Waals surface area (Å²) in [4.78, 5) is 0. The molecule has 0 amide bonds. The van der Waals surface area contributed by atoms with Crippen LogP contribution in [0.4, 0.5) is 0 Å². The molecule has 0 rings (SSSR count). The number of hydrogen-bond donors (Lipinski definition) is 0. The summed E-state index contributed by atoms with van der Waals surface area (Å²) < 4.78 is 13.7. The average Bonchev–Trinajstić information content (AvgIpc) is 3.65. The van der Waals surface area contributed by atoms with Gasteiger partial charge in [0.2, 0.25) is 0 Å². The van der Waals surface area contributed by atoms with Crippen molar-refractivity contribution in [3.63, 3.8) is 0 Å². The van der Waals surface area contributed by atoms with Crippen LogP contribution < -0.4 is 0 Å². The third-order valence-corrected chi connectivity index (χ3v) is 23.7. The molecule has 0 saturated heterocycles. The predicted molar refractivity (Wildman–Crippen MR) is 397 cm³/mol. The van der Waals surface area contributed by atoms with Gasteiger partial charge in [-0.25, -0.2) is 0 Å². The summed E-state index contributed by atoms with van der Waals surface area (Å²) in [7, 11) is 0. The van der Waals surface area contributed by atoms with Gasteiger partial charge in [-0.1, -0.05) is 182 Å². The smallest absolute Gasteiger partial charge is 0.147 e. The number of hydrogen-bond acceptors (Lipinski definition) is 3. The zero-order valence-corrected chi connectivity index (χ0v) is 64.0. The van der Waals surface area contributed by atoms with Crippen molar-refractivity contribution in [1.29, 1.82) is 0 Å². The molecule has 0 aromatic heterocycles. The van der Waals surface area contributed by atoms with Crippen molar-refractivity contribution in [2.24, 2.45) is 0 Å². The molecule has 0 aromatic rings. The fraction of sp³-hybridized carbons (Fsp3) is 1.00. The summed E-state index contributed by atoms with van der Waals surface area (Å²) >= 11 is -2.13. The molecule has 0 aromatic carbocycles. The average molecular weight is 1280 g/mol. The summed E-state index contributed by atoms with van der Waals surface area (Å²) in [5.41, 5.74) is 0. The molecule has 0 heterocycles. The van der Waals surface area contributed by atoms with Gasteiger partial charge in [0.15, 0.2) is 0 Å². The van der Waals surface area contributed by atoms with E-state index in [0.29, 0.717) is 0 Å². The Morgan fingerprint density at radius 3 is 0.414 bits per heavy atom. The predicted octanol–water partition coefficient (Wildman–Crippen LogP) is 30.6. The molecule has 0 atom stereocenters. The first kappa shape index (κ1) is 89.9. The molecule has 0 bridgehead atoms. The van der Waals surface area contributed by atoms with Crippen LogP contribution in [0.15, 0.2) is 0 Å². The summed E-state index contributed by atoms with van der Waals surface area (Å²) in [6, 6.07) is 0. The van der Waals surface area contributed by atoms with Gasteiger partial charge in [-0.3, -0.25) is 0 Å². The van der Waals surface area contributed by atoms with Crippen LogP contribution in [-0.4, -0.2) is 39.5 Å². The fourth-order valence-electron chi connectivity index (χ4n) is 13.8. The Morgan fingerprint density at radius 1 is 0.161 bits per heavy atom. The molecular weight excluding hydrogens is 1110 g/mol. The molecule has 0 spiro atoms. The second kappa shape index (κ2) is 83.0. The van der Waals surface area contributed by atoms with E-state index < -0.39 is 18.8 Å². The Bertz CT molecular complexity index is 1010. The van der Waals surface area contributed by atoms with Crippen LogP contribution in [0, 0.1) is 0 Å². The summed E-state index contributed by atoms with van der Waals surface area (Å²) in [6.45, 7) is 17.9. The Kier molecular flexibility index (Phi) is 85.8. The van der Waals surface area contributed by atoms with E-state index in [0.717, 1.165) is 6.61 Å². The monoisotopic (exact) mass is 1280 g/mol. The maximum atomic E-state index is 7.55.